The lowest BCUT2D eigenvalue weighted by atomic mass is 9.92. The van der Waals surface area contributed by atoms with Gasteiger partial charge in [-0.05, 0) is 40.8 Å². The van der Waals surface area contributed by atoms with Gasteiger partial charge in [0.15, 0.2) is 0 Å². The molecule has 0 unspecified atom stereocenters. The Hall–Kier alpha value is -3.90. The first-order valence-corrected chi connectivity index (χ1v) is 11.1. The molecule has 4 aromatic rings. The fraction of sp³-hybridized carbons (Fsp3) is 0.185. The van der Waals surface area contributed by atoms with Crippen LogP contribution in [0.5, 0.6) is 5.75 Å². The number of aromatic nitrogens is 2. The molecule has 166 valence electrons. The van der Waals surface area contributed by atoms with E-state index >= 15 is 0 Å². The van der Waals surface area contributed by atoms with Crippen molar-refractivity contribution in [2.45, 2.75) is 31.5 Å². The minimum atomic E-state index is -0.719. The summed E-state index contributed by atoms with van der Waals surface area (Å²) < 4.78 is 0. The molecule has 2 atom stereocenters. The van der Waals surface area contributed by atoms with Gasteiger partial charge in [0.05, 0.1) is 24.0 Å². The highest BCUT2D eigenvalue weighted by atomic mass is 16.3. The van der Waals surface area contributed by atoms with E-state index in [0.717, 1.165) is 28.2 Å². The van der Waals surface area contributed by atoms with Crippen LogP contribution in [0, 0.1) is 0 Å². The van der Waals surface area contributed by atoms with Gasteiger partial charge in [-0.25, -0.2) is 4.98 Å². The van der Waals surface area contributed by atoms with Crippen molar-refractivity contribution in [1.29, 1.82) is 0 Å². The summed E-state index contributed by atoms with van der Waals surface area (Å²) >= 11 is 0. The molecule has 0 spiro atoms. The molecule has 0 aliphatic carbocycles. The maximum atomic E-state index is 13.6. The highest BCUT2D eigenvalue weighted by Crippen LogP contribution is 2.33. The number of imidazole rings is 1. The molecule has 1 aliphatic heterocycles. The number of nitrogens with one attached hydrogen (secondary N) is 1. The fourth-order valence-corrected chi connectivity index (χ4v) is 4.51. The third-order valence-corrected chi connectivity index (χ3v) is 6.21. The highest BCUT2D eigenvalue weighted by molar-refractivity contribution is 5.82. The molecule has 0 fully saturated rings. The monoisotopic (exact) mass is 438 g/mol. The van der Waals surface area contributed by atoms with Crippen molar-refractivity contribution in [1.82, 2.24) is 14.9 Å². The number of hydrogen-bond donors (Lipinski definition) is 3. The average molecular weight is 439 g/mol. The number of phenolic OH excluding ortho intramolecular Hbond substituents is 1. The Balaban J connectivity index is 1.44. The van der Waals surface area contributed by atoms with E-state index in [2.05, 4.69) is 22.1 Å². The van der Waals surface area contributed by atoms with Crippen LogP contribution in [-0.2, 0) is 24.2 Å². The van der Waals surface area contributed by atoms with E-state index in [1.807, 2.05) is 59.6 Å². The predicted octanol–water partition coefficient (Wildman–Crippen LogP) is 3.98. The SMILES string of the molecule is N[C@@H](Cc1cccc(O)c1)C(=O)N1Cc2ccccc2C[C@H]1c1ncc(-c2ccccc2)[nH]1. The molecule has 0 bridgehead atoms. The van der Waals surface area contributed by atoms with Crippen LogP contribution < -0.4 is 5.73 Å². The van der Waals surface area contributed by atoms with E-state index in [-0.39, 0.29) is 17.7 Å². The average Bonchev–Trinajstić information content (AvgIpc) is 3.33. The van der Waals surface area contributed by atoms with Gasteiger partial charge in [-0.1, -0.05) is 66.7 Å². The standard InChI is InChI=1S/C27H26N4O2/c28-23(14-18-7-6-12-22(32)13-18)27(33)31-17-21-11-5-4-10-20(21)15-25(31)26-29-16-24(30-26)19-8-2-1-3-9-19/h1-13,16,23,25,32H,14-15,17,28H2,(H,29,30)/t23-,25-/m0/s1. The van der Waals surface area contributed by atoms with Gasteiger partial charge >= 0.3 is 0 Å². The van der Waals surface area contributed by atoms with Crippen molar-refractivity contribution >= 4 is 5.91 Å². The first kappa shape index (κ1) is 21.0. The van der Waals surface area contributed by atoms with Gasteiger partial charge in [0.1, 0.15) is 11.6 Å². The summed E-state index contributed by atoms with van der Waals surface area (Å²) in [7, 11) is 0. The van der Waals surface area contributed by atoms with Crippen molar-refractivity contribution in [2.24, 2.45) is 5.73 Å². The van der Waals surface area contributed by atoms with E-state index in [0.29, 0.717) is 19.4 Å². The van der Waals surface area contributed by atoms with Crippen LogP contribution >= 0.6 is 0 Å². The number of nitrogens with two attached hydrogens (primary N) is 1. The van der Waals surface area contributed by atoms with E-state index in [9.17, 15) is 9.90 Å². The molecular formula is C27H26N4O2. The third kappa shape index (κ3) is 4.38. The zero-order valence-corrected chi connectivity index (χ0v) is 18.2. The van der Waals surface area contributed by atoms with Crippen LogP contribution in [0.1, 0.15) is 28.6 Å². The number of carbonyl (C=O) groups is 1. The first-order chi connectivity index (χ1) is 16.1. The van der Waals surface area contributed by atoms with Gasteiger partial charge in [0, 0.05) is 13.0 Å². The fourth-order valence-electron chi connectivity index (χ4n) is 4.51. The maximum absolute atomic E-state index is 13.6. The molecule has 4 N–H and O–H groups in total. The second-order valence-corrected chi connectivity index (χ2v) is 8.48. The number of phenols is 1. The number of hydrogen-bond acceptors (Lipinski definition) is 4. The summed E-state index contributed by atoms with van der Waals surface area (Å²) in [4.78, 5) is 23.5. The highest BCUT2D eigenvalue weighted by Gasteiger charge is 2.35. The van der Waals surface area contributed by atoms with E-state index in [1.54, 1.807) is 18.2 Å². The molecule has 1 aromatic heterocycles. The van der Waals surface area contributed by atoms with Crippen LogP contribution in [0.25, 0.3) is 11.3 Å². The maximum Gasteiger partial charge on any atom is 0.240 e. The molecule has 1 aliphatic rings. The quantitative estimate of drug-likeness (QED) is 0.439. The number of aromatic hydroxyl groups is 1. The predicted molar refractivity (Wildman–Crippen MR) is 127 cm³/mol. The Morgan fingerprint density at radius 2 is 1.82 bits per heavy atom. The Labute approximate surface area is 192 Å². The number of nitrogens with zero attached hydrogens (tertiary/aromatic N) is 2. The second-order valence-electron chi connectivity index (χ2n) is 8.48. The van der Waals surface area contributed by atoms with Crippen LogP contribution in [-0.4, -0.2) is 31.9 Å². The number of amides is 1. The zero-order valence-electron chi connectivity index (χ0n) is 18.2. The Bertz CT molecular complexity index is 1270. The van der Waals surface area contributed by atoms with Crippen LogP contribution in [0.15, 0.2) is 85.1 Å². The van der Waals surface area contributed by atoms with Gasteiger partial charge in [0.2, 0.25) is 5.91 Å². The molecule has 0 saturated heterocycles. The van der Waals surface area contributed by atoms with Crippen molar-refractivity contribution in [2.75, 3.05) is 0 Å². The molecule has 6 nitrogen and oxygen atoms in total. The molecule has 2 heterocycles. The summed E-state index contributed by atoms with van der Waals surface area (Å²) in [5.41, 5.74) is 11.5. The number of aromatic amines is 1. The van der Waals surface area contributed by atoms with Crippen LogP contribution in [0.2, 0.25) is 0 Å². The molecule has 33 heavy (non-hydrogen) atoms. The molecule has 5 rings (SSSR count). The summed E-state index contributed by atoms with van der Waals surface area (Å²) in [5.74, 6) is 0.790. The first-order valence-electron chi connectivity index (χ1n) is 11.1. The molecule has 6 heteroatoms. The summed E-state index contributed by atoms with van der Waals surface area (Å²) in [6, 6.07) is 24.1. The summed E-state index contributed by atoms with van der Waals surface area (Å²) in [6.45, 7) is 0.481. The molecule has 1 amide bonds. The van der Waals surface area contributed by atoms with Crippen molar-refractivity contribution in [3.05, 3.63) is 108 Å². The lowest BCUT2D eigenvalue weighted by Crippen LogP contribution is -2.48. The zero-order chi connectivity index (χ0) is 22.8. The normalized spacial score (nSPS) is 16.3. The minimum absolute atomic E-state index is 0.129. The summed E-state index contributed by atoms with van der Waals surface area (Å²) in [6.07, 6.45) is 2.84. The third-order valence-electron chi connectivity index (χ3n) is 6.21. The number of rotatable bonds is 5. The molecule has 0 radical (unpaired) electrons. The van der Waals surface area contributed by atoms with Crippen LogP contribution in [0.4, 0.5) is 0 Å². The smallest absolute Gasteiger partial charge is 0.240 e. The van der Waals surface area contributed by atoms with Gasteiger partial charge < -0.3 is 20.7 Å². The second kappa shape index (κ2) is 8.92. The number of H-pyrrole nitrogens is 1. The number of benzene rings is 3. The van der Waals surface area contributed by atoms with Gasteiger partial charge in [-0.2, -0.15) is 0 Å². The Kier molecular flexibility index (Phi) is 5.67. The van der Waals surface area contributed by atoms with Gasteiger partial charge in [0.25, 0.3) is 0 Å². The minimum Gasteiger partial charge on any atom is -0.508 e. The topological polar surface area (TPSA) is 95.2 Å². The largest absolute Gasteiger partial charge is 0.508 e. The Morgan fingerprint density at radius 1 is 1.06 bits per heavy atom. The van der Waals surface area contributed by atoms with Gasteiger partial charge in [-0.15, -0.1) is 0 Å². The van der Waals surface area contributed by atoms with Crippen molar-refractivity contribution < 1.29 is 9.90 Å². The number of carbonyl (C=O) groups excluding carboxylic acids is 1. The lowest BCUT2D eigenvalue weighted by molar-refractivity contribution is -0.136. The van der Waals surface area contributed by atoms with Gasteiger partial charge in [-0.3, -0.25) is 4.79 Å². The molecular weight excluding hydrogens is 412 g/mol. The Morgan fingerprint density at radius 3 is 2.61 bits per heavy atom. The van der Waals surface area contributed by atoms with Crippen LogP contribution in [0.3, 0.4) is 0 Å². The number of fused-ring (bicyclic) bond motifs is 1. The summed E-state index contributed by atoms with van der Waals surface area (Å²) in [5, 5.41) is 9.76. The van der Waals surface area contributed by atoms with Crippen molar-refractivity contribution in [3.63, 3.8) is 0 Å². The molecule has 0 saturated carbocycles. The molecule has 3 aromatic carbocycles. The van der Waals surface area contributed by atoms with E-state index < -0.39 is 6.04 Å². The van der Waals surface area contributed by atoms with Crippen molar-refractivity contribution in [3.8, 4) is 17.0 Å². The van der Waals surface area contributed by atoms with E-state index in [1.165, 1.54) is 5.56 Å². The van der Waals surface area contributed by atoms with E-state index in [4.69, 9.17) is 5.73 Å². The lowest BCUT2D eigenvalue weighted by Gasteiger charge is -2.37.